The highest BCUT2D eigenvalue weighted by molar-refractivity contribution is 7.88. The Morgan fingerprint density at radius 3 is 2.74 bits per heavy atom. The number of esters is 1. The number of benzene rings is 1. The van der Waals surface area contributed by atoms with E-state index in [0.29, 0.717) is 24.2 Å². The first-order valence-electron chi connectivity index (χ1n) is 7.23. The standard InChI is InChI=1S/C15H22N2O4S.ClH/c1-11-9-17(12(2)8-16-11)22(19,20)10-13-5-4-6-14(7-13)15(18)21-3;/h4-7,11-12,16H,8-10H2,1-3H3;1H. The normalized spacial score (nSPS) is 22.2. The maximum atomic E-state index is 12.6. The average Bonchev–Trinajstić information content (AvgIpc) is 2.48. The summed E-state index contributed by atoms with van der Waals surface area (Å²) in [6, 6.07) is 6.61. The lowest BCUT2D eigenvalue weighted by Crippen LogP contribution is -2.56. The van der Waals surface area contributed by atoms with Crippen LogP contribution >= 0.6 is 12.4 Å². The molecule has 0 amide bonds. The van der Waals surface area contributed by atoms with Crippen molar-refractivity contribution in [3.63, 3.8) is 0 Å². The van der Waals surface area contributed by atoms with Gasteiger partial charge in [0.15, 0.2) is 0 Å². The van der Waals surface area contributed by atoms with Gasteiger partial charge < -0.3 is 10.1 Å². The number of nitrogens with zero attached hydrogens (tertiary/aromatic N) is 1. The summed E-state index contributed by atoms with van der Waals surface area (Å²) < 4.78 is 31.5. The van der Waals surface area contributed by atoms with E-state index in [1.54, 1.807) is 28.6 Å². The van der Waals surface area contributed by atoms with Gasteiger partial charge in [-0.15, -0.1) is 12.4 Å². The van der Waals surface area contributed by atoms with Crippen LogP contribution in [-0.4, -0.2) is 51.0 Å². The topological polar surface area (TPSA) is 75.7 Å². The molecule has 1 aromatic carbocycles. The first-order valence-corrected chi connectivity index (χ1v) is 8.84. The lowest BCUT2D eigenvalue weighted by atomic mass is 10.1. The summed E-state index contributed by atoms with van der Waals surface area (Å²) in [6.45, 7) is 4.95. The highest BCUT2D eigenvalue weighted by Gasteiger charge is 2.32. The van der Waals surface area contributed by atoms with E-state index in [0.717, 1.165) is 0 Å². The molecule has 1 fully saturated rings. The summed E-state index contributed by atoms with van der Waals surface area (Å²) in [5, 5.41) is 3.26. The Morgan fingerprint density at radius 2 is 2.09 bits per heavy atom. The highest BCUT2D eigenvalue weighted by atomic mass is 35.5. The monoisotopic (exact) mass is 362 g/mol. The Bertz CT molecular complexity index is 651. The van der Waals surface area contributed by atoms with E-state index in [1.807, 2.05) is 13.8 Å². The number of nitrogens with one attached hydrogen (secondary N) is 1. The number of hydrogen-bond acceptors (Lipinski definition) is 5. The van der Waals surface area contributed by atoms with E-state index in [9.17, 15) is 13.2 Å². The van der Waals surface area contributed by atoms with Crippen molar-refractivity contribution in [2.45, 2.75) is 31.7 Å². The summed E-state index contributed by atoms with van der Waals surface area (Å²) in [7, 11) is -2.13. The molecule has 1 aliphatic rings. The summed E-state index contributed by atoms with van der Waals surface area (Å²) in [5.41, 5.74) is 0.943. The van der Waals surface area contributed by atoms with Crippen LogP contribution in [0.5, 0.6) is 0 Å². The predicted octanol–water partition coefficient (Wildman–Crippen LogP) is 1.41. The zero-order chi connectivity index (χ0) is 16.3. The van der Waals surface area contributed by atoms with Gasteiger partial charge in [0.05, 0.1) is 18.4 Å². The fraction of sp³-hybridized carbons (Fsp3) is 0.533. The van der Waals surface area contributed by atoms with Gasteiger partial charge in [-0.2, -0.15) is 4.31 Å². The molecule has 8 heteroatoms. The number of ether oxygens (including phenoxy) is 1. The summed E-state index contributed by atoms with van der Waals surface area (Å²) in [5.74, 6) is -0.585. The smallest absolute Gasteiger partial charge is 0.337 e. The van der Waals surface area contributed by atoms with Gasteiger partial charge in [0.25, 0.3) is 0 Å². The first-order chi connectivity index (χ1) is 10.3. The highest BCUT2D eigenvalue weighted by Crippen LogP contribution is 2.18. The fourth-order valence-electron chi connectivity index (χ4n) is 2.58. The quantitative estimate of drug-likeness (QED) is 0.819. The van der Waals surface area contributed by atoms with Crippen molar-refractivity contribution >= 4 is 28.4 Å². The van der Waals surface area contributed by atoms with E-state index in [2.05, 4.69) is 10.1 Å². The molecule has 0 aliphatic carbocycles. The molecule has 1 heterocycles. The van der Waals surface area contributed by atoms with E-state index < -0.39 is 16.0 Å². The number of halogens is 1. The molecule has 130 valence electrons. The van der Waals surface area contributed by atoms with Gasteiger partial charge in [-0.3, -0.25) is 0 Å². The molecule has 2 atom stereocenters. The van der Waals surface area contributed by atoms with Crippen molar-refractivity contribution in [2.75, 3.05) is 20.2 Å². The number of methoxy groups -OCH3 is 1. The van der Waals surface area contributed by atoms with Crippen molar-refractivity contribution in [1.82, 2.24) is 9.62 Å². The van der Waals surface area contributed by atoms with Crippen molar-refractivity contribution in [3.05, 3.63) is 35.4 Å². The molecule has 1 saturated heterocycles. The van der Waals surface area contributed by atoms with Crippen molar-refractivity contribution in [1.29, 1.82) is 0 Å². The molecule has 0 bridgehead atoms. The molecule has 23 heavy (non-hydrogen) atoms. The van der Waals surface area contributed by atoms with Gasteiger partial charge in [-0.25, -0.2) is 13.2 Å². The van der Waals surface area contributed by atoms with Crippen LogP contribution in [0, 0.1) is 0 Å². The molecular weight excluding hydrogens is 340 g/mol. The van der Waals surface area contributed by atoms with Gasteiger partial charge >= 0.3 is 5.97 Å². The molecule has 6 nitrogen and oxygen atoms in total. The summed E-state index contributed by atoms with van der Waals surface area (Å²) in [4.78, 5) is 11.5. The third-order valence-corrected chi connectivity index (χ3v) is 5.68. The number of sulfonamides is 1. The van der Waals surface area contributed by atoms with Gasteiger partial charge in [-0.05, 0) is 31.5 Å². The molecular formula is C15H23ClN2O4S. The molecule has 0 radical (unpaired) electrons. The SMILES string of the molecule is COC(=O)c1cccc(CS(=O)(=O)N2CC(C)NCC2C)c1.Cl. The van der Waals surface area contributed by atoms with Gasteiger partial charge in [0.1, 0.15) is 0 Å². The van der Waals surface area contributed by atoms with Crippen LogP contribution in [0.1, 0.15) is 29.8 Å². The lowest BCUT2D eigenvalue weighted by Gasteiger charge is -2.36. The number of piperazine rings is 1. The minimum atomic E-state index is -3.43. The first kappa shape index (κ1) is 19.9. The molecule has 1 N–H and O–H groups in total. The van der Waals surface area contributed by atoms with E-state index >= 15 is 0 Å². The Hall–Kier alpha value is -1.15. The van der Waals surface area contributed by atoms with Crippen molar-refractivity contribution < 1.29 is 17.9 Å². The van der Waals surface area contributed by atoms with E-state index in [4.69, 9.17) is 0 Å². The summed E-state index contributed by atoms with van der Waals surface area (Å²) >= 11 is 0. The second kappa shape index (κ2) is 8.10. The lowest BCUT2D eigenvalue weighted by molar-refractivity contribution is 0.0600. The van der Waals surface area contributed by atoms with Crippen LogP contribution in [0.25, 0.3) is 0 Å². The number of rotatable bonds is 4. The molecule has 1 aromatic rings. The Labute approximate surface area is 143 Å². The molecule has 1 aliphatic heterocycles. The predicted molar refractivity (Wildman–Crippen MR) is 91.3 cm³/mol. The maximum absolute atomic E-state index is 12.6. The van der Waals surface area contributed by atoms with E-state index in [1.165, 1.54) is 7.11 Å². The minimum Gasteiger partial charge on any atom is -0.465 e. The number of hydrogen-bond donors (Lipinski definition) is 1. The van der Waals surface area contributed by atoms with Gasteiger partial charge in [0, 0.05) is 25.2 Å². The summed E-state index contributed by atoms with van der Waals surface area (Å²) in [6.07, 6.45) is 0. The molecule has 0 saturated carbocycles. The second-order valence-corrected chi connectivity index (χ2v) is 7.60. The maximum Gasteiger partial charge on any atom is 0.337 e. The third kappa shape index (κ3) is 4.91. The third-order valence-electron chi connectivity index (χ3n) is 3.76. The fourth-order valence-corrected chi connectivity index (χ4v) is 4.42. The second-order valence-electron chi connectivity index (χ2n) is 5.68. The molecule has 2 rings (SSSR count). The minimum absolute atomic E-state index is 0. The van der Waals surface area contributed by atoms with E-state index in [-0.39, 0.29) is 30.2 Å². The Kier molecular flexibility index (Phi) is 7.01. The molecule has 2 unspecified atom stereocenters. The van der Waals surface area contributed by atoms with Crippen LogP contribution in [-0.2, 0) is 20.5 Å². The Morgan fingerprint density at radius 1 is 1.39 bits per heavy atom. The van der Waals surface area contributed by atoms with Crippen LogP contribution in [0.3, 0.4) is 0 Å². The van der Waals surface area contributed by atoms with Crippen LogP contribution in [0.4, 0.5) is 0 Å². The number of carbonyl (C=O) groups excluding carboxylic acids is 1. The average molecular weight is 363 g/mol. The molecule has 0 aromatic heterocycles. The van der Waals surface area contributed by atoms with Crippen molar-refractivity contribution in [3.8, 4) is 0 Å². The van der Waals surface area contributed by atoms with Crippen LogP contribution in [0.15, 0.2) is 24.3 Å². The molecule has 0 spiro atoms. The van der Waals surface area contributed by atoms with Crippen LogP contribution < -0.4 is 5.32 Å². The van der Waals surface area contributed by atoms with Crippen molar-refractivity contribution in [2.24, 2.45) is 0 Å². The number of carbonyl (C=O) groups is 1. The zero-order valence-corrected chi connectivity index (χ0v) is 15.1. The Balaban J connectivity index is 0.00000264. The van der Waals surface area contributed by atoms with Crippen LogP contribution in [0.2, 0.25) is 0 Å². The van der Waals surface area contributed by atoms with Gasteiger partial charge in [0.2, 0.25) is 10.0 Å². The largest absolute Gasteiger partial charge is 0.465 e. The van der Waals surface area contributed by atoms with Gasteiger partial charge in [-0.1, -0.05) is 12.1 Å². The zero-order valence-electron chi connectivity index (χ0n) is 13.5.